The second-order valence-corrected chi connectivity index (χ2v) is 4.79. The second-order valence-electron chi connectivity index (χ2n) is 4.79. The molecule has 1 aromatic carbocycles. The van der Waals surface area contributed by atoms with Gasteiger partial charge in [-0.1, -0.05) is 18.2 Å². The Morgan fingerprint density at radius 3 is 2.79 bits per heavy atom. The number of para-hydroxylation sites is 1. The Morgan fingerprint density at radius 1 is 1.21 bits per heavy atom. The lowest BCUT2D eigenvalue weighted by molar-refractivity contribution is -0.121. The molecule has 4 heteroatoms. The Hall–Kier alpha value is -2.10. The van der Waals surface area contributed by atoms with Gasteiger partial charge in [-0.2, -0.15) is 0 Å². The van der Waals surface area contributed by atoms with Gasteiger partial charge in [-0.25, -0.2) is 4.98 Å². The summed E-state index contributed by atoms with van der Waals surface area (Å²) in [7, 11) is 0. The summed E-state index contributed by atoms with van der Waals surface area (Å²) >= 11 is 0. The van der Waals surface area contributed by atoms with E-state index in [0.29, 0.717) is 13.0 Å². The molecule has 0 saturated heterocycles. The molecular weight excluding hydrogens is 238 g/mol. The van der Waals surface area contributed by atoms with Gasteiger partial charge in [0.05, 0.1) is 5.52 Å². The molecule has 0 spiro atoms. The highest BCUT2D eigenvalue weighted by atomic mass is 16.1. The molecule has 0 bridgehead atoms. The van der Waals surface area contributed by atoms with Crippen molar-refractivity contribution in [2.45, 2.75) is 26.3 Å². The Morgan fingerprint density at radius 2 is 2.00 bits per heavy atom. The summed E-state index contributed by atoms with van der Waals surface area (Å²) < 4.78 is 0. The maximum Gasteiger partial charge on any atom is 0.221 e. The monoisotopic (exact) mass is 257 g/mol. The average molecular weight is 257 g/mol. The minimum atomic E-state index is 0.0586. The minimum Gasteiger partial charge on any atom is -0.370 e. The Labute approximate surface area is 113 Å². The number of rotatable bonds is 5. The summed E-state index contributed by atoms with van der Waals surface area (Å²) in [6, 6.07) is 12.1. The largest absolute Gasteiger partial charge is 0.370 e. The number of pyridine rings is 1. The lowest BCUT2D eigenvalue weighted by atomic mass is 10.2. The van der Waals surface area contributed by atoms with Crippen molar-refractivity contribution in [2.24, 2.45) is 0 Å². The third kappa shape index (κ3) is 3.95. The lowest BCUT2D eigenvalue weighted by Crippen LogP contribution is -2.31. The number of nitrogens with zero attached hydrogens (tertiary/aromatic N) is 1. The number of hydrogen-bond donors (Lipinski definition) is 2. The number of fused-ring (bicyclic) bond motifs is 1. The molecule has 1 aromatic heterocycles. The molecule has 100 valence electrons. The fourth-order valence-electron chi connectivity index (χ4n) is 1.86. The highest BCUT2D eigenvalue weighted by Crippen LogP contribution is 2.14. The van der Waals surface area contributed by atoms with Crippen LogP contribution in [0.4, 0.5) is 5.82 Å². The van der Waals surface area contributed by atoms with Gasteiger partial charge >= 0.3 is 0 Å². The Bertz CT molecular complexity index is 566. The van der Waals surface area contributed by atoms with Crippen LogP contribution in [0.1, 0.15) is 20.3 Å². The van der Waals surface area contributed by atoms with Crippen LogP contribution in [-0.4, -0.2) is 23.5 Å². The molecule has 0 atom stereocenters. The average Bonchev–Trinajstić information content (AvgIpc) is 2.37. The SMILES string of the molecule is CC(C)NC(=O)CCNc1ccc2ccccc2n1. The van der Waals surface area contributed by atoms with Crippen LogP contribution in [0, 0.1) is 0 Å². The van der Waals surface area contributed by atoms with Gasteiger partial charge < -0.3 is 10.6 Å². The molecule has 1 amide bonds. The van der Waals surface area contributed by atoms with Crippen LogP contribution in [0.3, 0.4) is 0 Å². The van der Waals surface area contributed by atoms with Gasteiger partial charge in [0.25, 0.3) is 0 Å². The number of anilines is 1. The molecular formula is C15H19N3O. The van der Waals surface area contributed by atoms with Gasteiger partial charge in [-0.15, -0.1) is 0 Å². The first-order chi connectivity index (χ1) is 9.15. The lowest BCUT2D eigenvalue weighted by Gasteiger charge is -2.09. The van der Waals surface area contributed by atoms with E-state index in [9.17, 15) is 4.79 Å². The van der Waals surface area contributed by atoms with Crippen LogP contribution >= 0.6 is 0 Å². The van der Waals surface area contributed by atoms with Gasteiger partial charge in [0, 0.05) is 24.4 Å². The highest BCUT2D eigenvalue weighted by Gasteiger charge is 2.03. The summed E-state index contributed by atoms with van der Waals surface area (Å²) in [4.78, 5) is 16.0. The van der Waals surface area contributed by atoms with Crippen LogP contribution in [0.5, 0.6) is 0 Å². The molecule has 0 aliphatic heterocycles. The Balaban J connectivity index is 1.89. The second kappa shape index (κ2) is 6.18. The molecule has 0 unspecified atom stereocenters. The predicted octanol–water partition coefficient (Wildman–Crippen LogP) is 2.56. The van der Waals surface area contributed by atoms with Crippen LogP contribution in [0.15, 0.2) is 36.4 Å². The first-order valence-electron chi connectivity index (χ1n) is 6.54. The summed E-state index contributed by atoms with van der Waals surface area (Å²) in [5.41, 5.74) is 0.958. The van der Waals surface area contributed by atoms with E-state index >= 15 is 0 Å². The molecule has 0 saturated carbocycles. The van der Waals surface area contributed by atoms with Crippen LogP contribution in [-0.2, 0) is 4.79 Å². The van der Waals surface area contributed by atoms with E-state index < -0.39 is 0 Å². The van der Waals surface area contributed by atoms with E-state index in [4.69, 9.17) is 0 Å². The maximum atomic E-state index is 11.5. The summed E-state index contributed by atoms with van der Waals surface area (Å²) in [6.45, 7) is 4.50. The molecule has 19 heavy (non-hydrogen) atoms. The number of hydrogen-bond acceptors (Lipinski definition) is 3. The van der Waals surface area contributed by atoms with Crippen molar-refractivity contribution in [3.63, 3.8) is 0 Å². The number of amides is 1. The number of benzene rings is 1. The maximum absolute atomic E-state index is 11.5. The van der Waals surface area contributed by atoms with Crippen molar-refractivity contribution >= 4 is 22.6 Å². The van der Waals surface area contributed by atoms with E-state index in [0.717, 1.165) is 16.7 Å². The topological polar surface area (TPSA) is 54.0 Å². The smallest absolute Gasteiger partial charge is 0.221 e. The molecule has 0 aliphatic carbocycles. The summed E-state index contributed by atoms with van der Waals surface area (Å²) in [5.74, 6) is 0.860. The summed E-state index contributed by atoms with van der Waals surface area (Å²) in [5, 5.41) is 7.14. The first-order valence-corrected chi connectivity index (χ1v) is 6.54. The van der Waals surface area contributed by atoms with E-state index in [1.54, 1.807) is 0 Å². The standard InChI is InChI=1S/C15H19N3O/c1-11(2)17-15(19)9-10-16-14-8-7-12-5-3-4-6-13(12)18-14/h3-8,11H,9-10H2,1-2H3,(H,16,18)(H,17,19). The molecule has 0 fully saturated rings. The summed E-state index contributed by atoms with van der Waals surface area (Å²) in [6.07, 6.45) is 0.451. The van der Waals surface area contributed by atoms with E-state index in [1.165, 1.54) is 0 Å². The van der Waals surface area contributed by atoms with Gasteiger partial charge in [0.2, 0.25) is 5.91 Å². The van der Waals surface area contributed by atoms with E-state index in [1.807, 2.05) is 50.2 Å². The van der Waals surface area contributed by atoms with Crippen molar-refractivity contribution < 1.29 is 4.79 Å². The van der Waals surface area contributed by atoms with Crippen molar-refractivity contribution in [3.05, 3.63) is 36.4 Å². The van der Waals surface area contributed by atoms with Crippen molar-refractivity contribution in [2.75, 3.05) is 11.9 Å². The van der Waals surface area contributed by atoms with E-state index in [-0.39, 0.29) is 11.9 Å². The molecule has 2 aromatic rings. The number of carbonyl (C=O) groups excluding carboxylic acids is 1. The third-order valence-electron chi connectivity index (χ3n) is 2.71. The molecule has 0 aliphatic rings. The fourth-order valence-corrected chi connectivity index (χ4v) is 1.86. The fraction of sp³-hybridized carbons (Fsp3) is 0.333. The minimum absolute atomic E-state index is 0.0586. The van der Waals surface area contributed by atoms with Crippen molar-refractivity contribution in [1.29, 1.82) is 0 Å². The molecule has 2 N–H and O–H groups in total. The first kappa shape index (κ1) is 13.3. The molecule has 2 rings (SSSR count). The number of carbonyl (C=O) groups is 1. The zero-order valence-corrected chi connectivity index (χ0v) is 11.3. The molecule has 1 heterocycles. The van der Waals surface area contributed by atoms with Gasteiger partial charge in [-0.3, -0.25) is 4.79 Å². The molecule has 4 nitrogen and oxygen atoms in total. The zero-order valence-electron chi connectivity index (χ0n) is 11.3. The number of aromatic nitrogens is 1. The van der Waals surface area contributed by atoms with Crippen LogP contribution in [0.2, 0.25) is 0 Å². The van der Waals surface area contributed by atoms with Crippen molar-refractivity contribution in [3.8, 4) is 0 Å². The third-order valence-corrected chi connectivity index (χ3v) is 2.71. The van der Waals surface area contributed by atoms with Gasteiger partial charge in [0.1, 0.15) is 5.82 Å². The van der Waals surface area contributed by atoms with Crippen LogP contribution in [0.25, 0.3) is 10.9 Å². The van der Waals surface area contributed by atoms with Gasteiger partial charge in [-0.05, 0) is 32.0 Å². The quantitative estimate of drug-likeness (QED) is 0.865. The van der Waals surface area contributed by atoms with E-state index in [2.05, 4.69) is 15.6 Å². The van der Waals surface area contributed by atoms with Crippen LogP contribution < -0.4 is 10.6 Å². The van der Waals surface area contributed by atoms with Crippen molar-refractivity contribution in [1.82, 2.24) is 10.3 Å². The predicted molar refractivity (Wildman–Crippen MR) is 78.1 cm³/mol. The Kier molecular flexibility index (Phi) is 4.34. The zero-order chi connectivity index (χ0) is 13.7. The van der Waals surface area contributed by atoms with Gasteiger partial charge in [0.15, 0.2) is 0 Å². The highest BCUT2D eigenvalue weighted by molar-refractivity contribution is 5.80. The molecule has 0 radical (unpaired) electrons. The normalized spacial score (nSPS) is 10.7. The number of nitrogens with one attached hydrogen (secondary N) is 2.